The predicted octanol–water partition coefficient (Wildman–Crippen LogP) is 1.99. The van der Waals surface area contributed by atoms with E-state index in [-0.39, 0.29) is 6.04 Å². The van der Waals surface area contributed by atoms with Gasteiger partial charge in [0.1, 0.15) is 0 Å². The molecule has 2 N–H and O–H groups in total. The summed E-state index contributed by atoms with van der Waals surface area (Å²) in [6.07, 6.45) is 0.666. The highest BCUT2D eigenvalue weighted by Gasteiger charge is 2.21. The summed E-state index contributed by atoms with van der Waals surface area (Å²) >= 11 is 0. The molecular weight excluding hydrogens is 260 g/mol. The second-order valence-corrected chi connectivity index (χ2v) is 7.38. The van der Waals surface area contributed by atoms with Gasteiger partial charge < -0.3 is 5.73 Å². The van der Waals surface area contributed by atoms with Gasteiger partial charge in [-0.2, -0.15) is 0 Å². The summed E-state index contributed by atoms with van der Waals surface area (Å²) in [5.74, 6) is 0.357. The first-order chi connectivity index (χ1) is 8.75. The first kappa shape index (κ1) is 16.1. The van der Waals surface area contributed by atoms with E-state index >= 15 is 0 Å². The molecule has 1 aromatic carbocycles. The Morgan fingerprint density at radius 3 is 2.21 bits per heavy atom. The Hall–Kier alpha value is -0.910. The van der Waals surface area contributed by atoms with Gasteiger partial charge in [-0.1, -0.05) is 31.5 Å². The highest BCUT2D eigenvalue weighted by atomic mass is 32.2. The topological polar surface area (TPSA) is 63.4 Å². The summed E-state index contributed by atoms with van der Waals surface area (Å²) in [4.78, 5) is 0.332. The molecule has 0 saturated carbocycles. The van der Waals surface area contributed by atoms with Gasteiger partial charge in [0.2, 0.25) is 10.0 Å². The molecule has 0 heterocycles. The zero-order valence-electron chi connectivity index (χ0n) is 12.1. The average molecular weight is 284 g/mol. The molecule has 0 amide bonds. The van der Waals surface area contributed by atoms with Crippen molar-refractivity contribution in [1.82, 2.24) is 4.31 Å². The molecule has 0 saturated heterocycles. The highest BCUT2D eigenvalue weighted by molar-refractivity contribution is 7.89. The minimum absolute atomic E-state index is 0.0238. The Labute approximate surface area is 116 Å². The fourth-order valence-electron chi connectivity index (χ4n) is 1.67. The second-order valence-electron chi connectivity index (χ2n) is 5.34. The van der Waals surface area contributed by atoms with E-state index in [1.807, 2.05) is 20.8 Å². The van der Waals surface area contributed by atoms with Crippen LogP contribution in [0.4, 0.5) is 0 Å². The number of benzene rings is 1. The lowest BCUT2D eigenvalue weighted by Gasteiger charge is -2.21. The van der Waals surface area contributed by atoms with Crippen LogP contribution in [-0.4, -0.2) is 32.4 Å². The molecular formula is C14H24N2O2S. The van der Waals surface area contributed by atoms with Crippen molar-refractivity contribution in [2.75, 3.05) is 13.6 Å². The van der Waals surface area contributed by atoms with E-state index in [0.717, 1.165) is 5.56 Å². The van der Waals surface area contributed by atoms with Crippen molar-refractivity contribution in [3.8, 4) is 0 Å². The van der Waals surface area contributed by atoms with Crippen molar-refractivity contribution in [2.24, 2.45) is 11.7 Å². The smallest absolute Gasteiger partial charge is 0.242 e. The maximum absolute atomic E-state index is 12.3. The third-order valence-corrected chi connectivity index (χ3v) is 5.23. The summed E-state index contributed by atoms with van der Waals surface area (Å²) in [6.45, 7) is 6.45. The number of nitrogens with zero attached hydrogens (tertiary/aromatic N) is 1. The molecule has 19 heavy (non-hydrogen) atoms. The van der Waals surface area contributed by atoms with Crippen LogP contribution in [0.3, 0.4) is 0 Å². The van der Waals surface area contributed by atoms with Crippen LogP contribution in [0, 0.1) is 12.8 Å². The number of hydrogen-bond acceptors (Lipinski definition) is 3. The van der Waals surface area contributed by atoms with E-state index in [9.17, 15) is 8.42 Å². The van der Waals surface area contributed by atoms with Gasteiger partial charge in [-0.3, -0.25) is 0 Å². The Balaban J connectivity index is 2.74. The quantitative estimate of drug-likeness (QED) is 0.869. The van der Waals surface area contributed by atoms with Gasteiger partial charge in [0.25, 0.3) is 0 Å². The number of aryl methyl sites for hydroxylation is 1. The fraction of sp³-hybridized carbons (Fsp3) is 0.571. The molecule has 1 unspecified atom stereocenters. The van der Waals surface area contributed by atoms with Crippen LogP contribution in [0.15, 0.2) is 29.2 Å². The zero-order chi connectivity index (χ0) is 14.6. The first-order valence-electron chi connectivity index (χ1n) is 6.53. The van der Waals surface area contributed by atoms with Gasteiger partial charge in [-0.15, -0.1) is 0 Å². The number of nitrogens with two attached hydrogens (primary N) is 1. The lowest BCUT2D eigenvalue weighted by molar-refractivity contribution is 0.397. The predicted molar refractivity (Wildman–Crippen MR) is 78.4 cm³/mol. The van der Waals surface area contributed by atoms with Crippen LogP contribution in [0.25, 0.3) is 0 Å². The summed E-state index contributed by atoms with van der Waals surface area (Å²) in [5, 5.41) is 0. The van der Waals surface area contributed by atoms with E-state index in [4.69, 9.17) is 5.73 Å². The van der Waals surface area contributed by atoms with Crippen LogP contribution < -0.4 is 5.73 Å². The minimum atomic E-state index is -3.40. The van der Waals surface area contributed by atoms with Crippen LogP contribution in [0.5, 0.6) is 0 Å². The van der Waals surface area contributed by atoms with Gasteiger partial charge in [-0.05, 0) is 31.4 Å². The van der Waals surface area contributed by atoms with Crippen molar-refractivity contribution in [2.45, 2.75) is 38.1 Å². The summed E-state index contributed by atoms with van der Waals surface area (Å²) in [7, 11) is -1.80. The van der Waals surface area contributed by atoms with E-state index < -0.39 is 10.0 Å². The van der Waals surface area contributed by atoms with Crippen LogP contribution in [-0.2, 0) is 10.0 Å². The summed E-state index contributed by atoms with van der Waals surface area (Å²) < 4.78 is 26.0. The lowest BCUT2D eigenvalue weighted by atomic mass is 10.0. The molecule has 1 aromatic rings. The van der Waals surface area contributed by atoms with Crippen LogP contribution in [0.2, 0.25) is 0 Å². The Morgan fingerprint density at radius 1 is 1.21 bits per heavy atom. The molecule has 4 nitrogen and oxygen atoms in total. The maximum atomic E-state index is 12.3. The minimum Gasteiger partial charge on any atom is -0.327 e. The van der Waals surface area contributed by atoms with Crippen molar-refractivity contribution in [3.63, 3.8) is 0 Å². The molecule has 0 bridgehead atoms. The molecule has 0 aliphatic rings. The van der Waals surface area contributed by atoms with Crippen molar-refractivity contribution in [3.05, 3.63) is 29.8 Å². The largest absolute Gasteiger partial charge is 0.327 e. The first-order valence-corrected chi connectivity index (χ1v) is 7.97. The van der Waals surface area contributed by atoms with E-state index in [1.54, 1.807) is 31.3 Å². The number of sulfonamides is 1. The third kappa shape index (κ3) is 4.30. The van der Waals surface area contributed by atoms with E-state index in [2.05, 4.69) is 0 Å². The van der Waals surface area contributed by atoms with Crippen LogP contribution in [0.1, 0.15) is 25.8 Å². The Bertz CT molecular complexity index is 495. The molecule has 0 aromatic heterocycles. The summed E-state index contributed by atoms with van der Waals surface area (Å²) in [6, 6.07) is 6.92. The third-order valence-electron chi connectivity index (χ3n) is 3.36. The van der Waals surface area contributed by atoms with Gasteiger partial charge in [0.05, 0.1) is 4.90 Å². The number of hydrogen-bond donors (Lipinski definition) is 1. The monoisotopic (exact) mass is 284 g/mol. The van der Waals surface area contributed by atoms with Crippen molar-refractivity contribution < 1.29 is 8.42 Å². The van der Waals surface area contributed by atoms with Crippen LogP contribution >= 0.6 is 0 Å². The Kier molecular flexibility index (Phi) is 5.52. The maximum Gasteiger partial charge on any atom is 0.242 e. The molecule has 108 valence electrons. The van der Waals surface area contributed by atoms with Crippen molar-refractivity contribution in [1.29, 1.82) is 0 Å². The van der Waals surface area contributed by atoms with Gasteiger partial charge in [0, 0.05) is 19.6 Å². The zero-order valence-corrected chi connectivity index (χ0v) is 12.9. The average Bonchev–Trinajstić information content (AvgIpc) is 2.35. The van der Waals surface area contributed by atoms with Crippen molar-refractivity contribution >= 4 is 10.0 Å². The van der Waals surface area contributed by atoms with Gasteiger partial charge >= 0.3 is 0 Å². The molecule has 5 heteroatoms. The molecule has 0 radical (unpaired) electrons. The molecule has 0 aliphatic carbocycles. The molecule has 0 fully saturated rings. The number of rotatable bonds is 6. The molecule has 1 atom stereocenters. The SMILES string of the molecule is Cc1ccc(S(=O)(=O)N(C)CCC(N)C(C)C)cc1. The fourth-order valence-corrected chi connectivity index (χ4v) is 2.86. The normalized spacial score (nSPS) is 14.1. The van der Waals surface area contributed by atoms with Gasteiger partial charge in [0.15, 0.2) is 0 Å². The second kappa shape index (κ2) is 6.50. The van der Waals surface area contributed by atoms with E-state index in [1.165, 1.54) is 4.31 Å². The van der Waals surface area contributed by atoms with Gasteiger partial charge in [-0.25, -0.2) is 12.7 Å². The molecule has 1 rings (SSSR count). The standard InChI is InChI=1S/C14H24N2O2S/c1-11(2)14(15)9-10-16(4)19(17,18)13-7-5-12(3)6-8-13/h5-8,11,14H,9-10,15H2,1-4H3. The highest BCUT2D eigenvalue weighted by Crippen LogP contribution is 2.16. The molecule has 0 spiro atoms. The molecule has 0 aliphatic heterocycles. The Morgan fingerprint density at radius 2 is 1.74 bits per heavy atom. The lowest BCUT2D eigenvalue weighted by Crippen LogP contribution is -2.34. The van der Waals surface area contributed by atoms with E-state index in [0.29, 0.717) is 23.8 Å². The summed E-state index contributed by atoms with van der Waals surface area (Å²) in [5.41, 5.74) is 6.99.